The zero-order chi connectivity index (χ0) is 18.4. The number of hydrogen-bond acceptors (Lipinski definition) is 5. The molecular weight excluding hydrogens is 342 g/mol. The van der Waals surface area contributed by atoms with Crippen LogP contribution in [-0.4, -0.2) is 56.7 Å². The summed E-state index contributed by atoms with van der Waals surface area (Å²) >= 11 is 1.39. The lowest BCUT2D eigenvalue weighted by molar-refractivity contribution is -0.161. The van der Waals surface area contributed by atoms with Crippen molar-refractivity contribution < 1.29 is 19.5 Å². The van der Waals surface area contributed by atoms with Gasteiger partial charge < -0.3 is 15.3 Å². The summed E-state index contributed by atoms with van der Waals surface area (Å²) in [5.74, 6) is -1.83. The highest BCUT2D eigenvalue weighted by atomic mass is 32.2. The Labute approximate surface area is 149 Å². The van der Waals surface area contributed by atoms with Crippen molar-refractivity contribution in [3.05, 3.63) is 35.9 Å². The van der Waals surface area contributed by atoms with Crippen molar-refractivity contribution in [2.75, 3.05) is 0 Å². The Kier molecular flexibility index (Phi) is 4.32. The minimum Gasteiger partial charge on any atom is -0.480 e. The fraction of sp³-hybridized carbons (Fsp3) is 0.412. The van der Waals surface area contributed by atoms with Crippen molar-refractivity contribution in [2.24, 2.45) is 4.99 Å². The SMILES string of the molecule is C=NC(C(=O)N[C@H]1C(=O)N2C1SC(C)(C)C2C(=O)O)c1ccccc1. The summed E-state index contributed by atoms with van der Waals surface area (Å²) in [7, 11) is 0. The van der Waals surface area contributed by atoms with Gasteiger partial charge in [-0.2, -0.15) is 0 Å². The van der Waals surface area contributed by atoms with E-state index in [9.17, 15) is 19.5 Å². The second kappa shape index (κ2) is 6.18. The van der Waals surface area contributed by atoms with Gasteiger partial charge in [0, 0.05) is 4.75 Å². The van der Waals surface area contributed by atoms with Crippen LogP contribution in [0, 0.1) is 0 Å². The molecule has 1 aromatic carbocycles. The van der Waals surface area contributed by atoms with Gasteiger partial charge >= 0.3 is 5.97 Å². The highest BCUT2D eigenvalue weighted by molar-refractivity contribution is 8.01. The predicted molar refractivity (Wildman–Crippen MR) is 94.4 cm³/mol. The van der Waals surface area contributed by atoms with Gasteiger partial charge in [0.05, 0.1) is 0 Å². The number of carboxylic acid groups (broad SMARTS) is 1. The van der Waals surface area contributed by atoms with Crippen LogP contribution < -0.4 is 5.32 Å². The van der Waals surface area contributed by atoms with Gasteiger partial charge in [0.1, 0.15) is 17.5 Å². The third-order valence-electron chi connectivity index (χ3n) is 4.52. The molecule has 3 unspecified atom stereocenters. The molecule has 7 nitrogen and oxygen atoms in total. The molecule has 4 atom stereocenters. The first-order valence-electron chi connectivity index (χ1n) is 7.82. The lowest BCUT2D eigenvalue weighted by Crippen LogP contribution is -2.70. The van der Waals surface area contributed by atoms with E-state index in [1.54, 1.807) is 38.1 Å². The van der Waals surface area contributed by atoms with Crippen molar-refractivity contribution in [1.29, 1.82) is 0 Å². The van der Waals surface area contributed by atoms with E-state index in [4.69, 9.17) is 0 Å². The quantitative estimate of drug-likeness (QED) is 0.603. The van der Waals surface area contributed by atoms with E-state index in [1.807, 2.05) is 6.07 Å². The zero-order valence-corrected chi connectivity index (χ0v) is 14.7. The molecule has 2 amide bonds. The van der Waals surface area contributed by atoms with E-state index in [1.165, 1.54) is 16.7 Å². The van der Waals surface area contributed by atoms with Gasteiger partial charge in [-0.3, -0.25) is 14.6 Å². The summed E-state index contributed by atoms with van der Waals surface area (Å²) in [6.07, 6.45) is 0. The Morgan fingerprint density at radius 2 is 2.00 bits per heavy atom. The first kappa shape index (κ1) is 17.5. The third-order valence-corrected chi connectivity index (χ3v) is 6.09. The van der Waals surface area contributed by atoms with Gasteiger partial charge in [0.25, 0.3) is 0 Å². The Hall–Kier alpha value is -2.35. The summed E-state index contributed by atoms with van der Waals surface area (Å²) in [6, 6.07) is 6.51. The molecule has 0 bridgehead atoms. The van der Waals surface area contributed by atoms with Gasteiger partial charge in [0.15, 0.2) is 6.04 Å². The number of amides is 2. The molecule has 1 aromatic rings. The fourth-order valence-electron chi connectivity index (χ4n) is 3.35. The van der Waals surface area contributed by atoms with Gasteiger partial charge in [0.2, 0.25) is 11.8 Å². The second-order valence-electron chi connectivity index (χ2n) is 6.58. The Morgan fingerprint density at radius 1 is 1.36 bits per heavy atom. The number of aliphatic carboxylic acids is 1. The number of hydrogen-bond donors (Lipinski definition) is 2. The Morgan fingerprint density at radius 3 is 2.56 bits per heavy atom. The Bertz CT molecular complexity index is 737. The number of thioether (sulfide) groups is 1. The topological polar surface area (TPSA) is 99.1 Å². The standard InChI is InChI=1S/C17H19N3O4S/c1-17(2)12(16(23)24)20-14(22)11(15(20)25-17)19-13(21)10(18-3)9-7-5-4-6-8-9/h4-8,10-12,15H,3H2,1-2H3,(H,19,21)(H,23,24)/t10?,11-,12?,15?/m0/s1. The third kappa shape index (κ3) is 2.80. The van der Waals surface area contributed by atoms with Crippen LogP contribution in [0.3, 0.4) is 0 Å². The minimum atomic E-state index is -1.03. The lowest BCUT2D eigenvalue weighted by atomic mass is 9.95. The van der Waals surface area contributed by atoms with E-state index in [2.05, 4.69) is 17.0 Å². The molecule has 132 valence electrons. The van der Waals surface area contributed by atoms with Crippen molar-refractivity contribution in [3.63, 3.8) is 0 Å². The van der Waals surface area contributed by atoms with Crippen LogP contribution in [0.4, 0.5) is 0 Å². The minimum absolute atomic E-state index is 0.375. The highest BCUT2D eigenvalue weighted by Gasteiger charge is 2.64. The summed E-state index contributed by atoms with van der Waals surface area (Å²) in [5, 5.41) is 11.7. The smallest absolute Gasteiger partial charge is 0.327 e. The van der Waals surface area contributed by atoms with Crippen molar-refractivity contribution in [3.8, 4) is 0 Å². The second-order valence-corrected chi connectivity index (χ2v) is 8.35. The molecule has 0 radical (unpaired) electrons. The molecule has 3 rings (SSSR count). The van der Waals surface area contributed by atoms with Gasteiger partial charge in [-0.05, 0) is 26.1 Å². The van der Waals surface area contributed by atoms with E-state index in [0.717, 1.165) is 0 Å². The molecular formula is C17H19N3O4S. The predicted octanol–water partition coefficient (Wildman–Crippen LogP) is 1.06. The molecule has 8 heteroatoms. The summed E-state index contributed by atoms with van der Waals surface area (Å²) in [5.41, 5.74) is 0.682. The fourth-order valence-corrected chi connectivity index (χ4v) is 4.98. The summed E-state index contributed by atoms with van der Waals surface area (Å²) in [6.45, 7) is 7.05. The molecule has 0 aromatic heterocycles. The van der Waals surface area contributed by atoms with Crippen molar-refractivity contribution in [2.45, 2.75) is 42.1 Å². The molecule has 2 aliphatic heterocycles. The van der Waals surface area contributed by atoms with Crippen molar-refractivity contribution >= 4 is 36.3 Å². The van der Waals surface area contributed by atoms with Crippen LogP contribution >= 0.6 is 11.8 Å². The summed E-state index contributed by atoms with van der Waals surface area (Å²) < 4.78 is -0.624. The molecule has 0 aliphatic carbocycles. The highest BCUT2D eigenvalue weighted by Crippen LogP contribution is 2.50. The normalized spacial score (nSPS) is 27.8. The number of benzene rings is 1. The average molecular weight is 361 g/mol. The lowest BCUT2D eigenvalue weighted by Gasteiger charge is -2.43. The number of carboxylic acids is 1. The van der Waals surface area contributed by atoms with Crippen LogP contribution in [0.15, 0.2) is 35.3 Å². The maximum Gasteiger partial charge on any atom is 0.327 e. The van der Waals surface area contributed by atoms with E-state index >= 15 is 0 Å². The van der Waals surface area contributed by atoms with Crippen LogP contribution in [0.2, 0.25) is 0 Å². The number of β-lactam (4-membered cyclic amide) rings is 1. The van der Waals surface area contributed by atoms with Gasteiger partial charge in [-0.25, -0.2) is 4.79 Å². The molecule has 2 fully saturated rings. The van der Waals surface area contributed by atoms with Gasteiger partial charge in [-0.15, -0.1) is 11.8 Å². The first-order valence-corrected chi connectivity index (χ1v) is 8.70. The number of fused-ring (bicyclic) bond motifs is 1. The van der Waals surface area contributed by atoms with Crippen LogP contribution in [0.25, 0.3) is 0 Å². The number of aliphatic imine (C=N–C) groups is 1. The molecule has 0 saturated carbocycles. The van der Waals surface area contributed by atoms with E-state index in [-0.39, 0.29) is 11.3 Å². The maximum absolute atomic E-state index is 12.5. The van der Waals surface area contributed by atoms with Gasteiger partial charge in [-0.1, -0.05) is 30.3 Å². The number of rotatable bonds is 5. The summed E-state index contributed by atoms with van der Waals surface area (Å²) in [4.78, 5) is 41.7. The maximum atomic E-state index is 12.5. The molecule has 0 spiro atoms. The molecule has 25 heavy (non-hydrogen) atoms. The van der Waals surface area contributed by atoms with E-state index < -0.39 is 34.7 Å². The number of nitrogens with zero attached hydrogens (tertiary/aromatic N) is 2. The largest absolute Gasteiger partial charge is 0.480 e. The molecule has 2 heterocycles. The van der Waals surface area contributed by atoms with Crippen molar-refractivity contribution in [1.82, 2.24) is 10.2 Å². The van der Waals surface area contributed by atoms with Crippen LogP contribution in [0.5, 0.6) is 0 Å². The molecule has 2 aliphatic rings. The number of nitrogens with one attached hydrogen (secondary N) is 1. The molecule has 2 N–H and O–H groups in total. The first-order chi connectivity index (χ1) is 11.8. The number of carbonyl (C=O) groups is 3. The zero-order valence-electron chi connectivity index (χ0n) is 13.9. The average Bonchev–Trinajstić information content (AvgIpc) is 2.82. The van der Waals surface area contributed by atoms with E-state index in [0.29, 0.717) is 5.56 Å². The monoisotopic (exact) mass is 361 g/mol. The Balaban J connectivity index is 1.75. The van der Waals surface area contributed by atoms with Crippen LogP contribution in [0.1, 0.15) is 25.5 Å². The molecule has 2 saturated heterocycles. The van der Waals surface area contributed by atoms with Crippen LogP contribution in [-0.2, 0) is 14.4 Å². The number of carbonyl (C=O) groups excluding carboxylic acids is 2.